The van der Waals surface area contributed by atoms with Crippen molar-refractivity contribution in [3.05, 3.63) is 12.2 Å². The maximum absolute atomic E-state index is 5.58. The van der Waals surface area contributed by atoms with Gasteiger partial charge in [-0.05, 0) is 6.92 Å². The smallest absolute Gasteiger partial charge is 0.188 e. The number of methoxy groups -OCH3 is 1. The predicted octanol–water partition coefficient (Wildman–Crippen LogP) is 0.130. The average Bonchev–Trinajstić information content (AvgIpc) is 2.20. The predicted molar refractivity (Wildman–Crippen MR) is 62.0 cm³/mol. The molecule has 0 fully saturated rings. The van der Waals surface area contributed by atoms with E-state index in [1.807, 2.05) is 6.92 Å². The highest BCUT2D eigenvalue weighted by Gasteiger charge is 1.91. The Kier molecular flexibility index (Phi) is 8.81. The molecule has 0 rings (SSSR count). The lowest BCUT2D eigenvalue weighted by Crippen LogP contribution is -2.34. The summed E-state index contributed by atoms with van der Waals surface area (Å²) in [5.41, 5.74) is 6.56. The van der Waals surface area contributed by atoms with Gasteiger partial charge in [-0.2, -0.15) is 0 Å². The summed E-state index contributed by atoms with van der Waals surface area (Å²) in [4.78, 5) is 4.06. The molecule has 0 aliphatic carbocycles. The Balaban J connectivity index is 3.34. The quantitative estimate of drug-likeness (QED) is 0.261. The van der Waals surface area contributed by atoms with Gasteiger partial charge in [0.05, 0.1) is 26.4 Å². The Morgan fingerprint density at radius 1 is 1.40 bits per heavy atom. The summed E-state index contributed by atoms with van der Waals surface area (Å²) in [7, 11) is 1.64. The van der Waals surface area contributed by atoms with Gasteiger partial charge in [-0.25, -0.2) is 4.99 Å². The standard InChI is InChI=1S/C10H21N3O2/c1-9(2)8-13-10(11)12-4-5-15-7-6-14-3/h1,4-8H2,2-3H3,(H3,11,12,13). The minimum Gasteiger partial charge on any atom is -0.382 e. The molecule has 5 nitrogen and oxygen atoms in total. The molecule has 3 N–H and O–H groups in total. The number of guanidine groups is 1. The first-order chi connectivity index (χ1) is 7.16. The van der Waals surface area contributed by atoms with E-state index in [4.69, 9.17) is 15.2 Å². The zero-order valence-corrected chi connectivity index (χ0v) is 9.58. The maximum atomic E-state index is 5.58. The van der Waals surface area contributed by atoms with Gasteiger partial charge in [0, 0.05) is 13.7 Å². The van der Waals surface area contributed by atoms with Crippen LogP contribution < -0.4 is 11.1 Å². The van der Waals surface area contributed by atoms with Crippen LogP contribution in [0, 0.1) is 0 Å². The lowest BCUT2D eigenvalue weighted by atomic mass is 10.4. The van der Waals surface area contributed by atoms with Crippen LogP contribution in [-0.2, 0) is 9.47 Å². The molecule has 15 heavy (non-hydrogen) atoms. The highest BCUT2D eigenvalue weighted by Crippen LogP contribution is 1.85. The number of nitrogens with two attached hydrogens (primary N) is 1. The number of nitrogens with one attached hydrogen (secondary N) is 1. The molecule has 0 aromatic heterocycles. The molecule has 0 aliphatic rings. The second-order valence-corrected chi connectivity index (χ2v) is 3.19. The fourth-order valence-corrected chi connectivity index (χ4v) is 0.772. The minimum absolute atomic E-state index is 0.424. The van der Waals surface area contributed by atoms with Crippen molar-refractivity contribution in [3.8, 4) is 0 Å². The maximum Gasteiger partial charge on any atom is 0.188 e. The highest BCUT2D eigenvalue weighted by molar-refractivity contribution is 5.77. The van der Waals surface area contributed by atoms with E-state index in [1.54, 1.807) is 7.11 Å². The third-order valence-corrected chi connectivity index (χ3v) is 1.50. The summed E-state index contributed by atoms with van der Waals surface area (Å²) in [5, 5.41) is 2.94. The number of hydrogen-bond donors (Lipinski definition) is 2. The van der Waals surface area contributed by atoms with Crippen molar-refractivity contribution in [2.45, 2.75) is 6.92 Å². The Labute approximate surface area is 91.3 Å². The number of rotatable bonds is 8. The Hall–Kier alpha value is -1.07. The fraction of sp³-hybridized carbons (Fsp3) is 0.700. The van der Waals surface area contributed by atoms with E-state index in [-0.39, 0.29) is 0 Å². The van der Waals surface area contributed by atoms with Gasteiger partial charge in [0.1, 0.15) is 0 Å². The van der Waals surface area contributed by atoms with Gasteiger partial charge in [0.15, 0.2) is 5.96 Å². The van der Waals surface area contributed by atoms with Crippen LogP contribution in [-0.4, -0.2) is 46.0 Å². The monoisotopic (exact) mass is 215 g/mol. The number of ether oxygens (including phenoxy) is 2. The topological polar surface area (TPSA) is 68.9 Å². The molecule has 0 aromatic carbocycles. The van der Waals surface area contributed by atoms with E-state index in [0.717, 1.165) is 5.57 Å². The zero-order chi connectivity index (χ0) is 11.5. The summed E-state index contributed by atoms with van der Waals surface area (Å²) in [5.74, 6) is 0.424. The number of nitrogens with zero attached hydrogens (tertiary/aromatic N) is 1. The summed E-state index contributed by atoms with van der Waals surface area (Å²) in [6.07, 6.45) is 0. The molecule has 0 saturated carbocycles. The van der Waals surface area contributed by atoms with Gasteiger partial charge >= 0.3 is 0 Å². The third kappa shape index (κ3) is 10.9. The number of hydrogen-bond acceptors (Lipinski definition) is 3. The molecule has 0 saturated heterocycles. The van der Waals surface area contributed by atoms with Gasteiger partial charge in [-0.1, -0.05) is 12.2 Å². The minimum atomic E-state index is 0.424. The molecule has 5 heteroatoms. The molecule has 0 unspecified atom stereocenters. The summed E-state index contributed by atoms with van der Waals surface area (Å²) >= 11 is 0. The third-order valence-electron chi connectivity index (χ3n) is 1.50. The summed E-state index contributed by atoms with van der Waals surface area (Å²) in [6.45, 7) is 8.64. The van der Waals surface area contributed by atoms with E-state index < -0.39 is 0 Å². The fourth-order valence-electron chi connectivity index (χ4n) is 0.772. The van der Waals surface area contributed by atoms with E-state index >= 15 is 0 Å². The summed E-state index contributed by atoms with van der Waals surface area (Å²) in [6, 6.07) is 0. The summed E-state index contributed by atoms with van der Waals surface area (Å²) < 4.78 is 10.1. The van der Waals surface area contributed by atoms with Crippen molar-refractivity contribution in [1.29, 1.82) is 0 Å². The molecule has 0 aliphatic heterocycles. The van der Waals surface area contributed by atoms with E-state index in [1.165, 1.54) is 0 Å². The highest BCUT2D eigenvalue weighted by atomic mass is 16.5. The Morgan fingerprint density at radius 3 is 2.73 bits per heavy atom. The van der Waals surface area contributed by atoms with Crippen LogP contribution in [0.5, 0.6) is 0 Å². The van der Waals surface area contributed by atoms with Crippen molar-refractivity contribution in [1.82, 2.24) is 5.32 Å². The van der Waals surface area contributed by atoms with Crippen molar-refractivity contribution in [3.63, 3.8) is 0 Å². The zero-order valence-electron chi connectivity index (χ0n) is 9.58. The SMILES string of the molecule is C=C(C)CN=C(N)NCCOCCOC. The van der Waals surface area contributed by atoms with Crippen LogP contribution >= 0.6 is 0 Å². The van der Waals surface area contributed by atoms with Crippen molar-refractivity contribution < 1.29 is 9.47 Å². The van der Waals surface area contributed by atoms with Gasteiger partial charge in [0.25, 0.3) is 0 Å². The van der Waals surface area contributed by atoms with Gasteiger partial charge in [-0.3, -0.25) is 0 Å². The molecule has 0 spiro atoms. The largest absolute Gasteiger partial charge is 0.382 e. The Bertz CT molecular complexity index is 205. The molecule has 0 aromatic rings. The lowest BCUT2D eigenvalue weighted by Gasteiger charge is -2.06. The first kappa shape index (κ1) is 13.9. The molecule has 0 heterocycles. The average molecular weight is 215 g/mol. The van der Waals surface area contributed by atoms with Crippen LogP contribution in [0.15, 0.2) is 17.1 Å². The van der Waals surface area contributed by atoms with Crippen LogP contribution in [0.3, 0.4) is 0 Å². The molecule has 0 radical (unpaired) electrons. The normalized spacial score (nSPS) is 11.5. The first-order valence-electron chi connectivity index (χ1n) is 4.91. The molecular weight excluding hydrogens is 194 g/mol. The van der Waals surface area contributed by atoms with Gasteiger partial charge < -0.3 is 20.5 Å². The molecule has 0 atom stereocenters. The molecule has 88 valence electrons. The van der Waals surface area contributed by atoms with E-state index in [9.17, 15) is 0 Å². The number of aliphatic imine (C=N–C) groups is 1. The lowest BCUT2D eigenvalue weighted by molar-refractivity contribution is 0.0734. The Morgan fingerprint density at radius 2 is 2.13 bits per heavy atom. The first-order valence-corrected chi connectivity index (χ1v) is 4.91. The molecular formula is C10H21N3O2. The van der Waals surface area contributed by atoms with Gasteiger partial charge in [0.2, 0.25) is 0 Å². The van der Waals surface area contributed by atoms with E-state index in [2.05, 4.69) is 16.9 Å². The van der Waals surface area contributed by atoms with Crippen LogP contribution in [0.25, 0.3) is 0 Å². The van der Waals surface area contributed by atoms with E-state index in [0.29, 0.717) is 38.9 Å². The van der Waals surface area contributed by atoms with Crippen molar-refractivity contribution in [2.75, 3.05) is 40.0 Å². The van der Waals surface area contributed by atoms with Crippen LogP contribution in [0.1, 0.15) is 6.92 Å². The van der Waals surface area contributed by atoms with Crippen LogP contribution in [0.4, 0.5) is 0 Å². The second-order valence-electron chi connectivity index (χ2n) is 3.19. The molecule has 0 bridgehead atoms. The second kappa shape index (κ2) is 9.48. The van der Waals surface area contributed by atoms with Gasteiger partial charge in [-0.15, -0.1) is 0 Å². The molecule has 0 amide bonds. The van der Waals surface area contributed by atoms with Crippen molar-refractivity contribution >= 4 is 5.96 Å². The van der Waals surface area contributed by atoms with Crippen LogP contribution in [0.2, 0.25) is 0 Å². The van der Waals surface area contributed by atoms with Crippen molar-refractivity contribution in [2.24, 2.45) is 10.7 Å².